The Morgan fingerprint density at radius 3 is 2.71 bits per heavy atom. The third kappa shape index (κ3) is 2.04. The number of carbonyl (C=O) groups excluding carboxylic acids is 1. The van der Waals surface area contributed by atoms with Crippen LogP contribution < -0.4 is 4.74 Å². The van der Waals surface area contributed by atoms with Gasteiger partial charge in [0.25, 0.3) is 0 Å². The van der Waals surface area contributed by atoms with Gasteiger partial charge in [0.2, 0.25) is 0 Å². The van der Waals surface area contributed by atoms with Crippen LogP contribution in [0.25, 0.3) is 0 Å². The van der Waals surface area contributed by atoms with Crippen molar-refractivity contribution in [3.8, 4) is 5.75 Å². The Balaban J connectivity index is 3.19. The minimum atomic E-state index is -0.679. The van der Waals surface area contributed by atoms with Gasteiger partial charge in [-0.2, -0.15) is 0 Å². The molecule has 76 valence electrons. The molecule has 0 spiro atoms. The summed E-state index contributed by atoms with van der Waals surface area (Å²) in [6, 6.07) is 2.86. The first-order valence-electron chi connectivity index (χ1n) is 4.19. The molecule has 0 aliphatic heterocycles. The largest absolute Gasteiger partial charge is 0.491 e. The van der Waals surface area contributed by atoms with E-state index in [1.54, 1.807) is 6.92 Å². The monoisotopic (exact) mass is 216 g/mol. The van der Waals surface area contributed by atoms with Gasteiger partial charge in [-0.05, 0) is 26.0 Å². The van der Waals surface area contributed by atoms with E-state index in [9.17, 15) is 9.18 Å². The molecule has 0 fully saturated rings. The molecule has 0 bridgehead atoms. The van der Waals surface area contributed by atoms with E-state index in [0.29, 0.717) is 6.61 Å². The van der Waals surface area contributed by atoms with Crippen molar-refractivity contribution in [3.63, 3.8) is 0 Å². The minimum absolute atomic E-state index is 0.0718. The minimum Gasteiger partial charge on any atom is -0.491 e. The van der Waals surface area contributed by atoms with E-state index >= 15 is 0 Å². The summed E-state index contributed by atoms with van der Waals surface area (Å²) in [5, 5.41) is -0.177. The number of Topliss-reactive ketones (excluding diaryl/α,β-unsaturated/α-hetero) is 1. The van der Waals surface area contributed by atoms with Crippen molar-refractivity contribution in [2.45, 2.75) is 13.8 Å². The van der Waals surface area contributed by atoms with Crippen molar-refractivity contribution in [2.24, 2.45) is 0 Å². The van der Waals surface area contributed by atoms with Crippen LogP contribution in [0.5, 0.6) is 5.75 Å². The fraction of sp³-hybridized carbons (Fsp3) is 0.300. The topological polar surface area (TPSA) is 26.3 Å². The van der Waals surface area contributed by atoms with E-state index in [-0.39, 0.29) is 22.1 Å². The lowest BCUT2D eigenvalue weighted by atomic mass is 10.1. The van der Waals surface area contributed by atoms with Gasteiger partial charge in [0.1, 0.15) is 0 Å². The van der Waals surface area contributed by atoms with Crippen molar-refractivity contribution >= 4 is 17.4 Å². The van der Waals surface area contributed by atoms with Crippen LogP contribution in [-0.4, -0.2) is 12.4 Å². The van der Waals surface area contributed by atoms with E-state index in [2.05, 4.69) is 0 Å². The van der Waals surface area contributed by atoms with Crippen LogP contribution in [0.15, 0.2) is 12.1 Å². The smallest absolute Gasteiger partial charge is 0.184 e. The second-order valence-corrected chi connectivity index (χ2v) is 3.11. The molecule has 1 aromatic carbocycles. The van der Waals surface area contributed by atoms with Crippen LogP contribution in [0.1, 0.15) is 24.2 Å². The van der Waals surface area contributed by atoms with Gasteiger partial charge in [0, 0.05) is 5.56 Å². The van der Waals surface area contributed by atoms with Gasteiger partial charge < -0.3 is 4.74 Å². The number of ether oxygens (including phenoxy) is 1. The molecule has 0 N–H and O–H groups in total. The fourth-order valence-electron chi connectivity index (χ4n) is 1.07. The second-order valence-electron chi connectivity index (χ2n) is 2.73. The molecule has 0 radical (unpaired) electrons. The maximum absolute atomic E-state index is 13.4. The molecular formula is C10H10ClFO2. The number of rotatable bonds is 3. The van der Waals surface area contributed by atoms with Crippen LogP contribution in [0.2, 0.25) is 5.02 Å². The summed E-state index contributed by atoms with van der Waals surface area (Å²) in [6.07, 6.45) is 0. The van der Waals surface area contributed by atoms with Gasteiger partial charge in [-0.15, -0.1) is 0 Å². The molecule has 0 saturated carbocycles. The highest BCUT2D eigenvalue weighted by molar-refractivity contribution is 6.34. The molecule has 0 aliphatic rings. The van der Waals surface area contributed by atoms with E-state index in [4.69, 9.17) is 16.3 Å². The molecule has 0 amide bonds. The van der Waals surface area contributed by atoms with Crippen LogP contribution >= 0.6 is 11.6 Å². The lowest BCUT2D eigenvalue weighted by Gasteiger charge is -2.07. The lowest BCUT2D eigenvalue weighted by Crippen LogP contribution is -2.00. The molecule has 0 saturated heterocycles. The van der Waals surface area contributed by atoms with Gasteiger partial charge in [-0.25, -0.2) is 4.39 Å². The molecule has 1 rings (SSSR count). The first-order chi connectivity index (χ1) is 6.57. The molecule has 14 heavy (non-hydrogen) atoms. The van der Waals surface area contributed by atoms with Crippen molar-refractivity contribution in [1.29, 1.82) is 0 Å². The highest BCUT2D eigenvalue weighted by Crippen LogP contribution is 2.28. The van der Waals surface area contributed by atoms with E-state index in [1.165, 1.54) is 19.1 Å². The van der Waals surface area contributed by atoms with Gasteiger partial charge in [0.15, 0.2) is 17.3 Å². The Kier molecular flexibility index (Phi) is 3.47. The van der Waals surface area contributed by atoms with Gasteiger partial charge in [0.05, 0.1) is 11.6 Å². The predicted molar refractivity (Wildman–Crippen MR) is 52.6 cm³/mol. The maximum atomic E-state index is 13.4. The predicted octanol–water partition coefficient (Wildman–Crippen LogP) is 3.08. The van der Waals surface area contributed by atoms with Crippen molar-refractivity contribution in [3.05, 3.63) is 28.5 Å². The summed E-state index contributed by atoms with van der Waals surface area (Å²) in [6.45, 7) is 3.43. The molecular weight excluding hydrogens is 207 g/mol. The molecule has 0 aliphatic carbocycles. The van der Waals surface area contributed by atoms with Gasteiger partial charge in [-0.3, -0.25) is 4.79 Å². The SMILES string of the molecule is CCOc1ccc(C(C)=O)c(Cl)c1F. The normalized spacial score (nSPS) is 10.0. The molecule has 1 aromatic rings. The first-order valence-corrected chi connectivity index (χ1v) is 4.57. The Labute approximate surface area is 86.6 Å². The fourth-order valence-corrected chi connectivity index (χ4v) is 1.36. The van der Waals surface area contributed by atoms with Crippen LogP contribution in [0.3, 0.4) is 0 Å². The zero-order chi connectivity index (χ0) is 10.7. The number of carbonyl (C=O) groups is 1. The van der Waals surface area contributed by atoms with Crippen LogP contribution in [0.4, 0.5) is 4.39 Å². The van der Waals surface area contributed by atoms with Crippen molar-refractivity contribution < 1.29 is 13.9 Å². The quantitative estimate of drug-likeness (QED) is 0.726. The molecule has 4 heteroatoms. The third-order valence-electron chi connectivity index (χ3n) is 1.73. The maximum Gasteiger partial charge on any atom is 0.184 e. The molecule has 0 atom stereocenters. The summed E-state index contributed by atoms with van der Waals surface area (Å²) in [7, 11) is 0. The Hall–Kier alpha value is -1.09. The summed E-state index contributed by atoms with van der Waals surface area (Å²) >= 11 is 5.65. The number of ketones is 1. The standard InChI is InChI=1S/C10H10ClFO2/c1-3-14-8-5-4-7(6(2)13)9(11)10(8)12/h4-5H,3H2,1-2H3. The van der Waals surface area contributed by atoms with Gasteiger partial charge >= 0.3 is 0 Å². The van der Waals surface area contributed by atoms with Crippen LogP contribution in [-0.2, 0) is 0 Å². The summed E-state index contributed by atoms with van der Waals surface area (Å²) in [5.41, 5.74) is 0.174. The number of hydrogen-bond acceptors (Lipinski definition) is 2. The number of benzene rings is 1. The van der Waals surface area contributed by atoms with E-state index < -0.39 is 5.82 Å². The van der Waals surface area contributed by atoms with Crippen molar-refractivity contribution in [1.82, 2.24) is 0 Å². The number of hydrogen-bond donors (Lipinski definition) is 0. The third-order valence-corrected chi connectivity index (χ3v) is 2.10. The van der Waals surface area contributed by atoms with E-state index in [1.807, 2.05) is 0 Å². The second kappa shape index (κ2) is 4.42. The molecule has 0 heterocycles. The average molecular weight is 217 g/mol. The highest BCUT2D eigenvalue weighted by Gasteiger charge is 2.14. The zero-order valence-corrected chi connectivity index (χ0v) is 8.69. The molecule has 2 nitrogen and oxygen atoms in total. The van der Waals surface area contributed by atoms with Crippen molar-refractivity contribution in [2.75, 3.05) is 6.61 Å². The Morgan fingerprint density at radius 2 is 2.21 bits per heavy atom. The summed E-state index contributed by atoms with van der Waals surface area (Å²) in [5.74, 6) is -0.874. The number of halogens is 2. The molecule has 0 unspecified atom stereocenters. The molecule has 0 aromatic heterocycles. The van der Waals surface area contributed by atoms with Crippen LogP contribution in [0, 0.1) is 5.82 Å². The Morgan fingerprint density at radius 1 is 1.57 bits per heavy atom. The first kappa shape index (κ1) is 11.0. The Bertz CT molecular complexity index is 363. The summed E-state index contributed by atoms with van der Waals surface area (Å²) in [4.78, 5) is 11.0. The zero-order valence-electron chi connectivity index (χ0n) is 7.93. The van der Waals surface area contributed by atoms with Gasteiger partial charge in [-0.1, -0.05) is 11.6 Å². The van der Waals surface area contributed by atoms with E-state index in [0.717, 1.165) is 0 Å². The lowest BCUT2D eigenvalue weighted by molar-refractivity contribution is 0.101. The average Bonchev–Trinajstić information content (AvgIpc) is 2.13. The highest BCUT2D eigenvalue weighted by atomic mass is 35.5. The summed E-state index contributed by atoms with van der Waals surface area (Å²) < 4.78 is 18.4.